The molecular formula is C20H21N5O3S. The molecule has 0 unspecified atom stereocenters. The zero-order valence-electron chi connectivity index (χ0n) is 15.7. The molecule has 2 aromatic carbocycles. The van der Waals surface area contributed by atoms with Crippen molar-refractivity contribution in [2.24, 2.45) is 0 Å². The number of anilines is 1. The average Bonchev–Trinajstić information content (AvgIpc) is 3.44. The zero-order chi connectivity index (χ0) is 20.3. The molecule has 0 radical (unpaired) electrons. The molecule has 0 atom stereocenters. The molecule has 3 aromatic rings. The van der Waals surface area contributed by atoms with Crippen LogP contribution >= 0.6 is 0 Å². The maximum Gasteiger partial charge on any atom is 0.255 e. The van der Waals surface area contributed by atoms with E-state index in [0.717, 1.165) is 18.4 Å². The van der Waals surface area contributed by atoms with E-state index in [1.165, 1.54) is 22.8 Å². The van der Waals surface area contributed by atoms with Gasteiger partial charge in [0.05, 0.1) is 11.4 Å². The number of benzene rings is 2. The maximum atomic E-state index is 12.8. The number of amides is 1. The molecule has 8 nitrogen and oxygen atoms in total. The van der Waals surface area contributed by atoms with Crippen molar-refractivity contribution in [2.45, 2.75) is 24.3 Å². The van der Waals surface area contributed by atoms with Crippen LogP contribution in [0.4, 0.5) is 5.69 Å². The molecule has 150 valence electrons. The van der Waals surface area contributed by atoms with Gasteiger partial charge in [-0.25, -0.2) is 18.1 Å². The molecule has 1 fully saturated rings. The highest BCUT2D eigenvalue weighted by molar-refractivity contribution is 7.89. The molecule has 0 saturated carbocycles. The van der Waals surface area contributed by atoms with Gasteiger partial charge in [0.1, 0.15) is 12.7 Å². The quantitative estimate of drug-likeness (QED) is 0.672. The van der Waals surface area contributed by atoms with Crippen LogP contribution in [0.1, 0.15) is 28.8 Å². The molecule has 1 aliphatic rings. The first-order valence-electron chi connectivity index (χ1n) is 9.36. The third-order valence-corrected chi connectivity index (χ3v) is 6.76. The van der Waals surface area contributed by atoms with E-state index in [1.54, 1.807) is 29.2 Å². The van der Waals surface area contributed by atoms with Gasteiger partial charge in [-0.05, 0) is 42.7 Å². The molecular weight excluding hydrogens is 390 g/mol. The lowest BCUT2D eigenvalue weighted by Crippen LogP contribution is -2.28. The standard InChI is InChI=1S/C20H21N5O3S/c26-20(23-19-9-2-1-6-17(19)13-24-15-21-14-22-24)16-7-5-8-18(12-16)29(27,28)25-10-3-4-11-25/h1-2,5-9,12,14-15H,3-4,10-11,13H2,(H,23,26). The van der Waals surface area contributed by atoms with Crippen LogP contribution in [-0.2, 0) is 16.6 Å². The Morgan fingerprint density at radius 1 is 1.07 bits per heavy atom. The van der Waals surface area contributed by atoms with Crippen LogP contribution in [0.15, 0.2) is 66.1 Å². The highest BCUT2D eigenvalue weighted by Crippen LogP contribution is 2.22. The van der Waals surface area contributed by atoms with Gasteiger partial charge < -0.3 is 5.32 Å². The SMILES string of the molecule is O=C(Nc1ccccc1Cn1cncn1)c1cccc(S(=O)(=O)N2CCCC2)c1. The molecule has 29 heavy (non-hydrogen) atoms. The van der Waals surface area contributed by atoms with Crippen molar-refractivity contribution >= 4 is 21.6 Å². The minimum atomic E-state index is -3.58. The molecule has 1 saturated heterocycles. The summed E-state index contributed by atoms with van der Waals surface area (Å²) in [4.78, 5) is 16.9. The predicted octanol–water partition coefficient (Wildman–Crippen LogP) is 2.36. The Bertz CT molecular complexity index is 1110. The highest BCUT2D eigenvalue weighted by atomic mass is 32.2. The molecule has 2 heterocycles. The van der Waals surface area contributed by atoms with Crippen molar-refractivity contribution < 1.29 is 13.2 Å². The van der Waals surface area contributed by atoms with Crippen LogP contribution in [0, 0.1) is 0 Å². The maximum absolute atomic E-state index is 12.8. The normalized spacial score (nSPS) is 14.8. The summed E-state index contributed by atoms with van der Waals surface area (Å²) in [5, 5.41) is 6.97. The molecule has 4 rings (SSSR count). The largest absolute Gasteiger partial charge is 0.322 e. The summed E-state index contributed by atoms with van der Waals surface area (Å²) in [5.74, 6) is -0.366. The molecule has 0 spiro atoms. The van der Waals surface area contributed by atoms with Gasteiger partial charge in [0.15, 0.2) is 0 Å². The van der Waals surface area contributed by atoms with E-state index in [4.69, 9.17) is 0 Å². The molecule has 9 heteroatoms. The van der Waals surface area contributed by atoms with Gasteiger partial charge in [0, 0.05) is 24.3 Å². The van der Waals surface area contributed by atoms with Crippen LogP contribution in [0.2, 0.25) is 0 Å². The van der Waals surface area contributed by atoms with E-state index >= 15 is 0 Å². The Morgan fingerprint density at radius 3 is 2.62 bits per heavy atom. The molecule has 1 amide bonds. The number of aromatic nitrogens is 3. The fourth-order valence-electron chi connectivity index (χ4n) is 3.34. The third-order valence-electron chi connectivity index (χ3n) is 4.86. The minimum absolute atomic E-state index is 0.142. The summed E-state index contributed by atoms with van der Waals surface area (Å²) >= 11 is 0. The summed E-state index contributed by atoms with van der Waals surface area (Å²) in [6.45, 7) is 1.50. The van der Waals surface area contributed by atoms with Gasteiger partial charge in [-0.15, -0.1) is 0 Å². The molecule has 1 aromatic heterocycles. The van der Waals surface area contributed by atoms with Crippen molar-refractivity contribution in [1.82, 2.24) is 19.1 Å². The fourth-order valence-corrected chi connectivity index (χ4v) is 4.90. The number of carbonyl (C=O) groups excluding carboxylic acids is 1. The fraction of sp³-hybridized carbons (Fsp3) is 0.250. The highest BCUT2D eigenvalue weighted by Gasteiger charge is 2.27. The van der Waals surface area contributed by atoms with E-state index < -0.39 is 10.0 Å². The Labute approximate surface area is 169 Å². The summed E-state index contributed by atoms with van der Waals surface area (Å²) in [6.07, 6.45) is 4.78. The van der Waals surface area contributed by atoms with Gasteiger partial charge in [-0.1, -0.05) is 24.3 Å². The number of para-hydroxylation sites is 1. The van der Waals surface area contributed by atoms with Gasteiger partial charge >= 0.3 is 0 Å². The van der Waals surface area contributed by atoms with E-state index in [0.29, 0.717) is 30.9 Å². The van der Waals surface area contributed by atoms with Crippen molar-refractivity contribution in [3.63, 3.8) is 0 Å². The van der Waals surface area contributed by atoms with Crippen molar-refractivity contribution in [3.05, 3.63) is 72.3 Å². The lowest BCUT2D eigenvalue weighted by atomic mass is 10.1. The Hall–Kier alpha value is -3.04. The number of nitrogens with one attached hydrogen (secondary N) is 1. The number of carbonyl (C=O) groups is 1. The second-order valence-electron chi connectivity index (χ2n) is 6.84. The van der Waals surface area contributed by atoms with Crippen LogP contribution in [-0.4, -0.2) is 46.5 Å². The lowest BCUT2D eigenvalue weighted by molar-refractivity contribution is 0.102. The Balaban J connectivity index is 1.55. The first kappa shape index (κ1) is 19.3. The van der Waals surface area contributed by atoms with E-state index in [-0.39, 0.29) is 10.8 Å². The second-order valence-corrected chi connectivity index (χ2v) is 8.78. The summed E-state index contributed by atoms with van der Waals surface area (Å²) in [5.41, 5.74) is 1.80. The van der Waals surface area contributed by atoms with E-state index in [9.17, 15) is 13.2 Å². The predicted molar refractivity (Wildman–Crippen MR) is 108 cm³/mol. The number of sulfonamides is 1. The first-order chi connectivity index (χ1) is 14.0. The van der Waals surface area contributed by atoms with Crippen molar-refractivity contribution in [2.75, 3.05) is 18.4 Å². The molecule has 1 N–H and O–H groups in total. The number of hydrogen-bond acceptors (Lipinski definition) is 5. The average molecular weight is 411 g/mol. The van der Waals surface area contributed by atoms with Gasteiger partial charge in [0.2, 0.25) is 10.0 Å². The van der Waals surface area contributed by atoms with Crippen LogP contribution in [0.25, 0.3) is 0 Å². The number of hydrogen-bond donors (Lipinski definition) is 1. The zero-order valence-corrected chi connectivity index (χ0v) is 16.5. The van der Waals surface area contributed by atoms with Gasteiger partial charge in [-0.2, -0.15) is 9.40 Å². The first-order valence-corrected chi connectivity index (χ1v) is 10.8. The Kier molecular flexibility index (Phi) is 5.41. The smallest absolute Gasteiger partial charge is 0.255 e. The van der Waals surface area contributed by atoms with Crippen molar-refractivity contribution in [1.29, 1.82) is 0 Å². The second kappa shape index (κ2) is 8.14. The van der Waals surface area contributed by atoms with Crippen LogP contribution < -0.4 is 5.32 Å². The van der Waals surface area contributed by atoms with Crippen LogP contribution in [0.5, 0.6) is 0 Å². The number of rotatable bonds is 6. The summed E-state index contributed by atoms with van der Waals surface area (Å²) in [6, 6.07) is 13.6. The summed E-state index contributed by atoms with van der Waals surface area (Å²) in [7, 11) is -3.58. The lowest BCUT2D eigenvalue weighted by Gasteiger charge is -2.16. The molecule has 1 aliphatic heterocycles. The third kappa shape index (κ3) is 4.20. The van der Waals surface area contributed by atoms with Crippen molar-refractivity contribution in [3.8, 4) is 0 Å². The minimum Gasteiger partial charge on any atom is -0.322 e. The van der Waals surface area contributed by atoms with Gasteiger partial charge in [-0.3, -0.25) is 4.79 Å². The monoisotopic (exact) mass is 411 g/mol. The number of nitrogens with zero attached hydrogens (tertiary/aromatic N) is 4. The molecule has 0 aliphatic carbocycles. The van der Waals surface area contributed by atoms with E-state index in [1.807, 2.05) is 18.2 Å². The molecule has 0 bridgehead atoms. The van der Waals surface area contributed by atoms with E-state index in [2.05, 4.69) is 15.4 Å². The topological polar surface area (TPSA) is 97.2 Å². The Morgan fingerprint density at radius 2 is 1.86 bits per heavy atom. The summed E-state index contributed by atoms with van der Waals surface area (Å²) < 4.78 is 28.7. The van der Waals surface area contributed by atoms with Gasteiger partial charge in [0.25, 0.3) is 5.91 Å². The van der Waals surface area contributed by atoms with Crippen LogP contribution in [0.3, 0.4) is 0 Å².